The zero-order valence-electron chi connectivity index (χ0n) is 12.1. The number of halogens is 1. The number of carbonyl (C=O) groups excluding carboxylic acids is 1. The van der Waals surface area contributed by atoms with Crippen molar-refractivity contribution in [3.8, 4) is 0 Å². The lowest BCUT2D eigenvalue weighted by molar-refractivity contribution is 0.0925. The predicted molar refractivity (Wildman–Crippen MR) is 84.5 cm³/mol. The predicted octanol–water partition coefficient (Wildman–Crippen LogP) is 2.77. The van der Waals surface area contributed by atoms with Crippen LogP contribution in [0.3, 0.4) is 0 Å². The highest BCUT2D eigenvalue weighted by molar-refractivity contribution is 6.29. The maximum Gasteiger partial charge on any atom is 0.270 e. The number of hydrogen-bond acceptors (Lipinski definition) is 3. The van der Waals surface area contributed by atoms with Crippen molar-refractivity contribution in [3.63, 3.8) is 0 Å². The van der Waals surface area contributed by atoms with E-state index in [1.165, 1.54) is 0 Å². The molecule has 0 radical (unpaired) electrons. The number of carbonyl (C=O) groups is 1. The molecule has 5 heteroatoms. The van der Waals surface area contributed by atoms with Gasteiger partial charge in [-0.1, -0.05) is 48.0 Å². The van der Waals surface area contributed by atoms with Crippen LogP contribution in [-0.4, -0.2) is 36.4 Å². The molecule has 0 aliphatic heterocycles. The first kappa shape index (κ1) is 15.5. The minimum atomic E-state index is -0.229. The quantitative estimate of drug-likeness (QED) is 0.864. The summed E-state index contributed by atoms with van der Waals surface area (Å²) in [6.07, 6.45) is 0. The van der Waals surface area contributed by atoms with Gasteiger partial charge in [-0.3, -0.25) is 4.79 Å². The van der Waals surface area contributed by atoms with E-state index in [2.05, 4.69) is 10.3 Å². The Kier molecular flexibility index (Phi) is 5.31. The van der Waals surface area contributed by atoms with Gasteiger partial charge in [-0.15, -0.1) is 0 Å². The van der Waals surface area contributed by atoms with E-state index in [0.717, 1.165) is 5.56 Å². The molecule has 0 bridgehead atoms. The lowest BCUT2D eigenvalue weighted by Gasteiger charge is -2.22. The number of amides is 1. The van der Waals surface area contributed by atoms with Gasteiger partial charge in [0.1, 0.15) is 10.8 Å². The highest BCUT2D eigenvalue weighted by Crippen LogP contribution is 2.14. The van der Waals surface area contributed by atoms with E-state index in [1.807, 2.05) is 49.3 Å². The van der Waals surface area contributed by atoms with E-state index < -0.39 is 0 Å². The van der Waals surface area contributed by atoms with Gasteiger partial charge in [0.25, 0.3) is 5.91 Å². The number of hydrogen-bond donors (Lipinski definition) is 1. The number of benzene rings is 1. The normalized spacial score (nSPS) is 12.2. The Morgan fingerprint density at radius 1 is 1.19 bits per heavy atom. The van der Waals surface area contributed by atoms with Gasteiger partial charge in [-0.05, 0) is 31.8 Å². The molecule has 0 aliphatic carbocycles. The molecule has 110 valence electrons. The molecule has 1 aromatic carbocycles. The van der Waals surface area contributed by atoms with Crippen molar-refractivity contribution < 1.29 is 4.79 Å². The summed E-state index contributed by atoms with van der Waals surface area (Å²) in [6, 6.07) is 14.8. The van der Waals surface area contributed by atoms with Crippen LogP contribution in [-0.2, 0) is 0 Å². The van der Waals surface area contributed by atoms with E-state index >= 15 is 0 Å². The van der Waals surface area contributed by atoms with Crippen molar-refractivity contribution in [2.24, 2.45) is 0 Å². The molecule has 21 heavy (non-hydrogen) atoms. The topological polar surface area (TPSA) is 45.2 Å². The number of aromatic nitrogens is 1. The molecule has 0 saturated carbocycles. The molecule has 0 spiro atoms. The van der Waals surface area contributed by atoms with E-state index in [9.17, 15) is 4.79 Å². The molecule has 1 aromatic heterocycles. The molecule has 1 atom stereocenters. The summed E-state index contributed by atoms with van der Waals surface area (Å²) >= 11 is 5.83. The van der Waals surface area contributed by atoms with E-state index in [4.69, 9.17) is 11.6 Å². The zero-order chi connectivity index (χ0) is 15.2. The largest absolute Gasteiger partial charge is 0.343 e. The summed E-state index contributed by atoms with van der Waals surface area (Å²) in [7, 11) is 3.94. The van der Waals surface area contributed by atoms with Crippen LogP contribution in [0.15, 0.2) is 48.5 Å². The molecule has 1 heterocycles. The summed E-state index contributed by atoms with van der Waals surface area (Å²) in [4.78, 5) is 18.4. The van der Waals surface area contributed by atoms with Crippen molar-refractivity contribution in [1.29, 1.82) is 0 Å². The second-order valence-corrected chi connectivity index (χ2v) is 5.43. The van der Waals surface area contributed by atoms with Crippen molar-refractivity contribution in [1.82, 2.24) is 15.2 Å². The van der Waals surface area contributed by atoms with Crippen LogP contribution in [0.5, 0.6) is 0 Å². The fourth-order valence-electron chi connectivity index (χ4n) is 2.05. The first-order chi connectivity index (χ1) is 10.1. The Hall–Kier alpha value is -1.91. The number of nitrogens with one attached hydrogen (secondary N) is 1. The molecule has 0 fully saturated rings. The Bertz CT molecular complexity index is 601. The van der Waals surface area contributed by atoms with E-state index in [1.54, 1.807) is 18.2 Å². The summed E-state index contributed by atoms with van der Waals surface area (Å²) < 4.78 is 0. The van der Waals surface area contributed by atoms with Crippen LogP contribution in [0.4, 0.5) is 0 Å². The average Bonchev–Trinajstić information content (AvgIpc) is 2.47. The second kappa shape index (κ2) is 7.20. The van der Waals surface area contributed by atoms with Crippen molar-refractivity contribution >= 4 is 17.5 Å². The smallest absolute Gasteiger partial charge is 0.270 e. The fraction of sp³-hybridized carbons (Fsp3) is 0.250. The van der Waals surface area contributed by atoms with Gasteiger partial charge < -0.3 is 10.2 Å². The van der Waals surface area contributed by atoms with Gasteiger partial charge >= 0.3 is 0 Å². The highest BCUT2D eigenvalue weighted by atomic mass is 35.5. The first-order valence-electron chi connectivity index (χ1n) is 6.69. The summed E-state index contributed by atoms with van der Waals surface area (Å²) in [5.74, 6) is -0.229. The van der Waals surface area contributed by atoms with Crippen LogP contribution in [0, 0.1) is 0 Å². The van der Waals surface area contributed by atoms with Gasteiger partial charge in [0.2, 0.25) is 0 Å². The van der Waals surface area contributed by atoms with Crippen molar-refractivity contribution in [3.05, 3.63) is 64.9 Å². The summed E-state index contributed by atoms with van der Waals surface area (Å²) in [5.41, 5.74) is 1.38. The van der Waals surface area contributed by atoms with E-state index in [-0.39, 0.29) is 11.9 Å². The Morgan fingerprint density at radius 2 is 1.90 bits per heavy atom. The highest BCUT2D eigenvalue weighted by Gasteiger charge is 2.17. The third-order valence-corrected chi connectivity index (χ3v) is 3.21. The summed E-state index contributed by atoms with van der Waals surface area (Å²) in [5, 5.41) is 3.32. The first-order valence-corrected chi connectivity index (χ1v) is 7.07. The number of rotatable bonds is 5. The minimum Gasteiger partial charge on any atom is -0.343 e. The maximum atomic E-state index is 12.3. The standard InChI is InChI=1S/C16H18ClN3O/c1-20(2)11-14(12-7-4-3-5-8-12)19-16(21)13-9-6-10-15(17)18-13/h3-10,14H,11H2,1-2H3,(H,19,21). The van der Waals surface area contributed by atoms with Crippen LogP contribution in [0.25, 0.3) is 0 Å². The zero-order valence-corrected chi connectivity index (χ0v) is 12.8. The Balaban J connectivity index is 2.17. The SMILES string of the molecule is CN(C)CC(NC(=O)c1cccc(Cl)n1)c1ccccc1. The third-order valence-electron chi connectivity index (χ3n) is 3.00. The van der Waals surface area contributed by atoms with E-state index in [0.29, 0.717) is 17.4 Å². The molecule has 1 amide bonds. The van der Waals surface area contributed by atoms with Gasteiger partial charge in [-0.2, -0.15) is 0 Å². The molecule has 0 aliphatic rings. The molecule has 1 N–H and O–H groups in total. The minimum absolute atomic E-state index is 0.102. The lowest BCUT2D eigenvalue weighted by Crippen LogP contribution is -2.35. The molecule has 4 nitrogen and oxygen atoms in total. The van der Waals surface area contributed by atoms with Crippen LogP contribution in [0.1, 0.15) is 22.1 Å². The average molecular weight is 304 g/mol. The Labute approximate surface area is 129 Å². The molecule has 2 rings (SSSR count). The number of nitrogens with zero attached hydrogens (tertiary/aromatic N) is 2. The molecule has 0 saturated heterocycles. The molecular formula is C16H18ClN3O. The summed E-state index contributed by atoms with van der Waals surface area (Å²) in [6.45, 7) is 0.705. The van der Waals surface area contributed by atoms with Crippen molar-refractivity contribution in [2.75, 3.05) is 20.6 Å². The van der Waals surface area contributed by atoms with Gasteiger partial charge in [0, 0.05) is 6.54 Å². The second-order valence-electron chi connectivity index (χ2n) is 5.04. The number of likely N-dealkylation sites (N-methyl/N-ethyl adjacent to an activating group) is 1. The third kappa shape index (κ3) is 4.55. The maximum absolute atomic E-state index is 12.3. The van der Waals surface area contributed by atoms with Gasteiger partial charge in [0.15, 0.2) is 0 Å². The molecule has 2 aromatic rings. The molecule has 1 unspecified atom stereocenters. The Morgan fingerprint density at radius 3 is 2.52 bits per heavy atom. The van der Waals surface area contributed by atoms with Crippen LogP contribution in [0.2, 0.25) is 5.15 Å². The number of pyridine rings is 1. The van der Waals surface area contributed by atoms with Gasteiger partial charge in [-0.25, -0.2) is 4.98 Å². The lowest BCUT2D eigenvalue weighted by atomic mass is 10.1. The van der Waals surface area contributed by atoms with Crippen LogP contribution < -0.4 is 5.32 Å². The van der Waals surface area contributed by atoms with Gasteiger partial charge in [0.05, 0.1) is 6.04 Å². The fourth-order valence-corrected chi connectivity index (χ4v) is 2.22. The monoisotopic (exact) mass is 303 g/mol. The van der Waals surface area contributed by atoms with Crippen LogP contribution >= 0.6 is 11.6 Å². The van der Waals surface area contributed by atoms with Crippen molar-refractivity contribution in [2.45, 2.75) is 6.04 Å². The molecular weight excluding hydrogens is 286 g/mol.